The lowest BCUT2D eigenvalue weighted by Crippen LogP contribution is -2.04. The second-order valence-electron chi connectivity index (χ2n) is 5.67. The summed E-state index contributed by atoms with van der Waals surface area (Å²) in [5, 5.41) is 0. The molecule has 0 saturated carbocycles. The number of esters is 2. The average molecular weight is 376 g/mol. The highest BCUT2D eigenvalue weighted by molar-refractivity contribution is 5.86. The van der Waals surface area contributed by atoms with Crippen LogP contribution in [0, 0.1) is 0 Å². The Morgan fingerprint density at radius 3 is 2.19 bits per heavy atom. The number of benzene rings is 1. The number of methoxy groups -OCH3 is 1. The molecular formula is C21H28O6. The second kappa shape index (κ2) is 14.6. The van der Waals surface area contributed by atoms with Crippen LogP contribution in [0.5, 0.6) is 5.75 Å². The van der Waals surface area contributed by atoms with E-state index in [1.54, 1.807) is 6.08 Å². The van der Waals surface area contributed by atoms with E-state index >= 15 is 0 Å². The molecule has 0 aliphatic heterocycles. The fourth-order valence-corrected chi connectivity index (χ4v) is 2.04. The average Bonchev–Trinajstić information content (AvgIpc) is 2.70. The summed E-state index contributed by atoms with van der Waals surface area (Å²) in [6, 6.07) is 7.49. The fourth-order valence-electron chi connectivity index (χ4n) is 2.04. The van der Waals surface area contributed by atoms with Crippen LogP contribution in [0.25, 0.3) is 6.08 Å². The summed E-state index contributed by atoms with van der Waals surface area (Å²) in [6.07, 6.45) is 7.70. The van der Waals surface area contributed by atoms with Crippen LogP contribution in [-0.2, 0) is 23.8 Å². The fraction of sp³-hybridized carbons (Fsp3) is 0.429. The van der Waals surface area contributed by atoms with Gasteiger partial charge in [-0.2, -0.15) is 0 Å². The third-order valence-corrected chi connectivity index (χ3v) is 3.54. The molecule has 148 valence electrons. The minimum Gasteiger partial charge on any atom is -0.494 e. The Hall–Kier alpha value is -2.60. The van der Waals surface area contributed by atoms with Crippen LogP contribution in [0.1, 0.15) is 31.2 Å². The molecule has 1 rings (SSSR count). The topological polar surface area (TPSA) is 71.1 Å². The predicted octanol–water partition coefficient (Wildman–Crippen LogP) is 3.56. The quantitative estimate of drug-likeness (QED) is 0.281. The lowest BCUT2D eigenvalue weighted by atomic mass is 10.2. The van der Waals surface area contributed by atoms with Gasteiger partial charge in [-0.05, 0) is 49.5 Å². The van der Waals surface area contributed by atoms with Crippen molar-refractivity contribution in [1.29, 1.82) is 0 Å². The molecule has 0 saturated heterocycles. The Kier molecular flexibility index (Phi) is 12.1. The highest BCUT2D eigenvalue weighted by atomic mass is 16.5. The van der Waals surface area contributed by atoms with Gasteiger partial charge in [0, 0.05) is 25.4 Å². The molecule has 1 aromatic rings. The van der Waals surface area contributed by atoms with Gasteiger partial charge in [0.15, 0.2) is 0 Å². The monoisotopic (exact) mass is 376 g/mol. The number of unbranched alkanes of at least 4 members (excludes halogenated alkanes) is 2. The first-order valence-electron chi connectivity index (χ1n) is 9.01. The molecule has 0 N–H and O–H groups in total. The van der Waals surface area contributed by atoms with Gasteiger partial charge in [0.2, 0.25) is 0 Å². The number of carbonyl (C=O) groups excluding carboxylic acids is 2. The van der Waals surface area contributed by atoms with Crippen molar-refractivity contribution < 1.29 is 28.5 Å². The lowest BCUT2D eigenvalue weighted by Gasteiger charge is -2.07. The van der Waals surface area contributed by atoms with E-state index in [0.717, 1.165) is 43.1 Å². The molecule has 6 heteroatoms. The van der Waals surface area contributed by atoms with E-state index in [9.17, 15) is 9.59 Å². The highest BCUT2D eigenvalue weighted by Gasteiger charge is 1.97. The Morgan fingerprint density at radius 2 is 1.56 bits per heavy atom. The van der Waals surface area contributed by atoms with Crippen molar-refractivity contribution in [2.75, 3.05) is 33.5 Å². The highest BCUT2D eigenvalue weighted by Crippen LogP contribution is 2.13. The van der Waals surface area contributed by atoms with Crippen LogP contribution in [0.2, 0.25) is 0 Å². The third-order valence-electron chi connectivity index (χ3n) is 3.54. The van der Waals surface area contributed by atoms with E-state index < -0.39 is 0 Å². The minimum absolute atomic E-state index is 0.381. The van der Waals surface area contributed by atoms with Crippen LogP contribution in [0.4, 0.5) is 0 Å². The molecule has 0 aliphatic carbocycles. The normalized spacial score (nSPS) is 10.6. The Balaban J connectivity index is 2.00. The van der Waals surface area contributed by atoms with Gasteiger partial charge in [-0.15, -0.1) is 0 Å². The molecule has 0 aromatic heterocycles. The van der Waals surface area contributed by atoms with Gasteiger partial charge < -0.3 is 18.9 Å². The van der Waals surface area contributed by atoms with E-state index in [0.29, 0.717) is 26.4 Å². The van der Waals surface area contributed by atoms with E-state index in [4.69, 9.17) is 14.2 Å². The van der Waals surface area contributed by atoms with Gasteiger partial charge in [-0.25, -0.2) is 9.59 Å². The van der Waals surface area contributed by atoms with Crippen molar-refractivity contribution >= 4 is 18.0 Å². The molecule has 27 heavy (non-hydrogen) atoms. The van der Waals surface area contributed by atoms with Gasteiger partial charge in [0.05, 0.1) is 20.3 Å². The van der Waals surface area contributed by atoms with E-state index in [-0.39, 0.29) is 11.9 Å². The molecule has 0 spiro atoms. The van der Waals surface area contributed by atoms with Gasteiger partial charge in [-0.1, -0.05) is 18.7 Å². The van der Waals surface area contributed by atoms with Crippen molar-refractivity contribution in [3.05, 3.63) is 48.6 Å². The number of hydrogen-bond donors (Lipinski definition) is 0. The van der Waals surface area contributed by atoms with Crippen molar-refractivity contribution in [2.24, 2.45) is 0 Å². The standard InChI is InChI=1S/C21H28O6/c1-3-20(22)27-17-7-5-15-25-14-4-6-16-26-19-11-8-18(9-12-19)10-13-21(23)24-2/h3,8-13H,1,4-7,14-17H2,2H3/b13-10+. The molecule has 0 heterocycles. The van der Waals surface area contributed by atoms with Crippen molar-refractivity contribution in [3.8, 4) is 5.75 Å². The van der Waals surface area contributed by atoms with E-state index in [1.807, 2.05) is 24.3 Å². The molecule has 0 bridgehead atoms. The first kappa shape index (κ1) is 22.4. The van der Waals surface area contributed by atoms with Gasteiger partial charge in [0.25, 0.3) is 0 Å². The SMILES string of the molecule is C=CC(=O)OCCCCOCCCCOc1ccc(/C=C/C(=O)OC)cc1. The number of rotatable bonds is 14. The first-order valence-corrected chi connectivity index (χ1v) is 9.01. The second-order valence-corrected chi connectivity index (χ2v) is 5.67. The van der Waals surface area contributed by atoms with Crippen molar-refractivity contribution in [3.63, 3.8) is 0 Å². The molecule has 0 unspecified atom stereocenters. The summed E-state index contributed by atoms with van der Waals surface area (Å²) < 4.78 is 20.6. The van der Waals surface area contributed by atoms with Gasteiger partial charge in [0.1, 0.15) is 5.75 Å². The minimum atomic E-state index is -0.386. The van der Waals surface area contributed by atoms with Crippen LogP contribution in [0.3, 0.4) is 0 Å². The maximum Gasteiger partial charge on any atom is 0.330 e. The molecular weight excluding hydrogens is 348 g/mol. The third kappa shape index (κ3) is 11.6. The summed E-state index contributed by atoms with van der Waals surface area (Å²) in [6.45, 7) is 5.71. The number of hydrogen-bond acceptors (Lipinski definition) is 6. The van der Waals surface area contributed by atoms with Gasteiger partial charge >= 0.3 is 11.9 Å². The van der Waals surface area contributed by atoms with Crippen molar-refractivity contribution in [1.82, 2.24) is 0 Å². The summed E-state index contributed by atoms with van der Waals surface area (Å²) in [4.78, 5) is 21.9. The zero-order valence-electron chi connectivity index (χ0n) is 15.9. The van der Waals surface area contributed by atoms with E-state index in [1.165, 1.54) is 13.2 Å². The lowest BCUT2D eigenvalue weighted by molar-refractivity contribution is -0.138. The maximum atomic E-state index is 11.0. The van der Waals surface area contributed by atoms with Crippen LogP contribution < -0.4 is 4.74 Å². The van der Waals surface area contributed by atoms with Gasteiger partial charge in [-0.3, -0.25) is 0 Å². The largest absolute Gasteiger partial charge is 0.494 e. The zero-order valence-corrected chi connectivity index (χ0v) is 15.9. The Labute approximate surface area is 160 Å². The maximum absolute atomic E-state index is 11.0. The Bertz CT molecular complexity index is 591. The van der Waals surface area contributed by atoms with Crippen LogP contribution in [-0.4, -0.2) is 45.5 Å². The zero-order chi connectivity index (χ0) is 19.7. The van der Waals surface area contributed by atoms with E-state index in [2.05, 4.69) is 11.3 Å². The summed E-state index contributed by atoms with van der Waals surface area (Å²) in [5.74, 6) is 0.0251. The smallest absolute Gasteiger partial charge is 0.330 e. The summed E-state index contributed by atoms with van der Waals surface area (Å²) in [5.41, 5.74) is 0.903. The molecule has 0 aliphatic rings. The number of carbonyl (C=O) groups is 2. The molecule has 0 fully saturated rings. The molecule has 6 nitrogen and oxygen atoms in total. The molecule has 0 atom stereocenters. The van der Waals surface area contributed by atoms with Crippen molar-refractivity contribution in [2.45, 2.75) is 25.7 Å². The predicted molar refractivity (Wildman–Crippen MR) is 103 cm³/mol. The molecule has 1 aromatic carbocycles. The van der Waals surface area contributed by atoms with Crippen LogP contribution in [0.15, 0.2) is 43.0 Å². The molecule has 0 amide bonds. The summed E-state index contributed by atoms with van der Waals surface area (Å²) in [7, 11) is 1.35. The first-order chi connectivity index (χ1) is 13.2. The summed E-state index contributed by atoms with van der Waals surface area (Å²) >= 11 is 0. The molecule has 0 radical (unpaired) electrons. The Morgan fingerprint density at radius 1 is 0.926 bits per heavy atom. The van der Waals surface area contributed by atoms with Crippen LogP contribution >= 0.6 is 0 Å². The number of ether oxygens (including phenoxy) is 4.